The first-order chi connectivity index (χ1) is 8.08. The predicted octanol–water partition coefficient (Wildman–Crippen LogP) is 2.85. The summed E-state index contributed by atoms with van der Waals surface area (Å²) in [6, 6.07) is 6.43. The van der Waals surface area contributed by atoms with Gasteiger partial charge in [0.05, 0.1) is 13.8 Å². The summed E-state index contributed by atoms with van der Waals surface area (Å²) < 4.78 is 10.5. The van der Waals surface area contributed by atoms with Gasteiger partial charge in [0.15, 0.2) is 0 Å². The number of benzene rings is 1. The van der Waals surface area contributed by atoms with E-state index in [-0.39, 0.29) is 0 Å². The smallest absolute Gasteiger partial charge is 0.123 e. The molecule has 0 atom stereocenters. The molecule has 0 aromatic heterocycles. The molecule has 1 aromatic carbocycles. The van der Waals surface area contributed by atoms with E-state index in [1.807, 2.05) is 7.05 Å². The number of nitrogens with zero attached hydrogens (tertiary/aromatic N) is 1. The van der Waals surface area contributed by atoms with E-state index in [9.17, 15) is 0 Å². The Balaban J connectivity index is 2.85. The first-order valence-corrected chi connectivity index (χ1v) is 5.92. The molecule has 0 aliphatic heterocycles. The highest BCUT2D eigenvalue weighted by Crippen LogP contribution is 2.25. The SMILES string of the molecule is COCN(C)Cc1ccc(C(C)C)cc1OC. The van der Waals surface area contributed by atoms with Gasteiger partial charge in [0.25, 0.3) is 0 Å². The fourth-order valence-electron chi connectivity index (χ4n) is 1.81. The molecule has 0 N–H and O–H groups in total. The van der Waals surface area contributed by atoms with Crippen molar-refractivity contribution in [3.05, 3.63) is 29.3 Å². The fraction of sp³-hybridized carbons (Fsp3) is 0.571. The molecule has 1 rings (SSSR count). The van der Waals surface area contributed by atoms with Crippen LogP contribution in [0.5, 0.6) is 5.75 Å². The second-order valence-corrected chi connectivity index (χ2v) is 4.66. The first-order valence-electron chi connectivity index (χ1n) is 5.92. The Morgan fingerprint density at radius 2 is 1.94 bits per heavy atom. The molecule has 3 heteroatoms. The lowest BCUT2D eigenvalue weighted by atomic mass is 10.0. The van der Waals surface area contributed by atoms with Crippen molar-refractivity contribution in [2.24, 2.45) is 0 Å². The minimum Gasteiger partial charge on any atom is -0.496 e. The number of methoxy groups -OCH3 is 2. The normalized spacial score (nSPS) is 11.2. The van der Waals surface area contributed by atoms with Crippen molar-refractivity contribution in [2.45, 2.75) is 26.3 Å². The zero-order valence-corrected chi connectivity index (χ0v) is 11.5. The molecule has 0 bridgehead atoms. The molecular weight excluding hydrogens is 214 g/mol. The minimum atomic E-state index is 0.523. The van der Waals surface area contributed by atoms with Crippen molar-refractivity contribution in [2.75, 3.05) is 28.0 Å². The van der Waals surface area contributed by atoms with Crippen molar-refractivity contribution in [1.82, 2.24) is 4.90 Å². The summed E-state index contributed by atoms with van der Waals surface area (Å²) in [6.45, 7) is 5.82. The molecule has 0 fully saturated rings. The van der Waals surface area contributed by atoms with Crippen molar-refractivity contribution in [1.29, 1.82) is 0 Å². The quantitative estimate of drug-likeness (QED) is 0.710. The van der Waals surface area contributed by atoms with Gasteiger partial charge in [-0.1, -0.05) is 26.0 Å². The molecule has 3 nitrogen and oxygen atoms in total. The van der Waals surface area contributed by atoms with E-state index in [0.717, 1.165) is 12.3 Å². The number of hydrogen-bond acceptors (Lipinski definition) is 3. The highest BCUT2D eigenvalue weighted by atomic mass is 16.5. The third-order valence-corrected chi connectivity index (χ3v) is 2.77. The maximum Gasteiger partial charge on any atom is 0.123 e. The molecule has 0 amide bonds. The first kappa shape index (κ1) is 14.0. The molecule has 17 heavy (non-hydrogen) atoms. The van der Waals surface area contributed by atoms with Crippen LogP contribution in [0.25, 0.3) is 0 Å². The van der Waals surface area contributed by atoms with E-state index < -0.39 is 0 Å². The van der Waals surface area contributed by atoms with Crippen LogP contribution in [0.4, 0.5) is 0 Å². The second-order valence-electron chi connectivity index (χ2n) is 4.66. The Morgan fingerprint density at radius 1 is 1.24 bits per heavy atom. The molecule has 0 saturated carbocycles. The molecule has 0 spiro atoms. The van der Waals surface area contributed by atoms with Gasteiger partial charge in [0, 0.05) is 19.2 Å². The van der Waals surface area contributed by atoms with Gasteiger partial charge >= 0.3 is 0 Å². The zero-order chi connectivity index (χ0) is 12.8. The second kappa shape index (κ2) is 6.62. The van der Waals surface area contributed by atoms with Crippen LogP contribution in [-0.4, -0.2) is 32.9 Å². The highest BCUT2D eigenvalue weighted by Gasteiger charge is 2.08. The Hall–Kier alpha value is -1.06. The largest absolute Gasteiger partial charge is 0.496 e. The van der Waals surface area contributed by atoms with E-state index in [2.05, 4.69) is 36.9 Å². The maximum absolute atomic E-state index is 5.45. The molecule has 0 aliphatic carbocycles. The molecular formula is C14H23NO2. The van der Waals surface area contributed by atoms with Gasteiger partial charge in [0.2, 0.25) is 0 Å². The van der Waals surface area contributed by atoms with Gasteiger partial charge in [-0.25, -0.2) is 0 Å². The maximum atomic E-state index is 5.45. The minimum absolute atomic E-state index is 0.523. The summed E-state index contributed by atoms with van der Waals surface area (Å²) in [6.07, 6.45) is 0. The van der Waals surface area contributed by atoms with Crippen LogP contribution in [0, 0.1) is 0 Å². The van der Waals surface area contributed by atoms with Gasteiger partial charge in [-0.15, -0.1) is 0 Å². The average molecular weight is 237 g/mol. The number of rotatable bonds is 6. The van der Waals surface area contributed by atoms with E-state index in [0.29, 0.717) is 12.6 Å². The summed E-state index contributed by atoms with van der Waals surface area (Å²) in [5.41, 5.74) is 2.50. The van der Waals surface area contributed by atoms with Gasteiger partial charge in [-0.3, -0.25) is 4.90 Å². The Kier molecular flexibility index (Phi) is 5.45. The molecule has 0 aliphatic rings. The standard InChI is InChI=1S/C14H23NO2/c1-11(2)12-6-7-13(14(8-12)17-5)9-15(3)10-16-4/h6-8,11H,9-10H2,1-5H3. The summed E-state index contributed by atoms with van der Waals surface area (Å²) in [5, 5.41) is 0. The molecule has 0 radical (unpaired) electrons. The predicted molar refractivity (Wildman–Crippen MR) is 70.4 cm³/mol. The van der Waals surface area contributed by atoms with Crippen LogP contribution in [-0.2, 0) is 11.3 Å². The Labute approximate surface area is 104 Å². The van der Waals surface area contributed by atoms with Crippen LogP contribution < -0.4 is 4.74 Å². The lowest BCUT2D eigenvalue weighted by Gasteiger charge is -2.18. The van der Waals surface area contributed by atoms with Crippen molar-refractivity contribution < 1.29 is 9.47 Å². The number of hydrogen-bond donors (Lipinski definition) is 0. The highest BCUT2D eigenvalue weighted by molar-refractivity contribution is 5.38. The molecule has 0 saturated heterocycles. The van der Waals surface area contributed by atoms with Crippen molar-refractivity contribution >= 4 is 0 Å². The van der Waals surface area contributed by atoms with Crippen LogP contribution in [0.2, 0.25) is 0 Å². The summed E-state index contributed by atoms with van der Waals surface area (Å²) in [4.78, 5) is 2.10. The number of ether oxygens (including phenoxy) is 2. The monoisotopic (exact) mass is 237 g/mol. The van der Waals surface area contributed by atoms with E-state index >= 15 is 0 Å². The van der Waals surface area contributed by atoms with Crippen LogP contribution in [0.15, 0.2) is 18.2 Å². The van der Waals surface area contributed by atoms with Gasteiger partial charge in [-0.2, -0.15) is 0 Å². The summed E-state index contributed by atoms with van der Waals surface area (Å²) >= 11 is 0. The lowest BCUT2D eigenvalue weighted by Crippen LogP contribution is -2.20. The van der Waals surface area contributed by atoms with Crippen LogP contribution >= 0.6 is 0 Å². The van der Waals surface area contributed by atoms with Crippen molar-refractivity contribution in [3.8, 4) is 5.75 Å². The van der Waals surface area contributed by atoms with E-state index in [4.69, 9.17) is 9.47 Å². The molecule has 96 valence electrons. The summed E-state index contributed by atoms with van der Waals surface area (Å²) in [7, 11) is 5.45. The zero-order valence-electron chi connectivity index (χ0n) is 11.5. The van der Waals surface area contributed by atoms with Gasteiger partial charge in [0.1, 0.15) is 5.75 Å². The van der Waals surface area contributed by atoms with E-state index in [1.54, 1.807) is 14.2 Å². The third kappa shape index (κ3) is 4.02. The topological polar surface area (TPSA) is 21.7 Å². The average Bonchev–Trinajstić information content (AvgIpc) is 2.29. The van der Waals surface area contributed by atoms with Crippen molar-refractivity contribution in [3.63, 3.8) is 0 Å². The van der Waals surface area contributed by atoms with Gasteiger partial charge < -0.3 is 9.47 Å². The van der Waals surface area contributed by atoms with E-state index in [1.165, 1.54) is 11.1 Å². The molecule has 1 aromatic rings. The fourth-order valence-corrected chi connectivity index (χ4v) is 1.81. The Bertz CT molecular complexity index is 350. The molecule has 0 heterocycles. The summed E-state index contributed by atoms with van der Waals surface area (Å²) in [5.74, 6) is 1.48. The van der Waals surface area contributed by atoms with Crippen LogP contribution in [0.1, 0.15) is 30.9 Å². The third-order valence-electron chi connectivity index (χ3n) is 2.77. The lowest BCUT2D eigenvalue weighted by molar-refractivity contribution is 0.0766. The molecule has 0 unspecified atom stereocenters. The Morgan fingerprint density at radius 3 is 2.47 bits per heavy atom. The van der Waals surface area contributed by atoms with Crippen LogP contribution in [0.3, 0.4) is 0 Å². The van der Waals surface area contributed by atoms with Gasteiger partial charge in [-0.05, 0) is 24.6 Å².